The maximum Gasteiger partial charge on any atom is 0.149 e. The van der Waals surface area contributed by atoms with Crippen molar-refractivity contribution in [1.29, 1.82) is 0 Å². The van der Waals surface area contributed by atoms with Gasteiger partial charge in [0.05, 0.1) is 11.8 Å². The molecule has 2 unspecified atom stereocenters. The third-order valence-electron chi connectivity index (χ3n) is 5.72. The molecule has 1 nitrogen and oxygen atoms in total. The number of carbonyl (C=O) groups is 1. The molecule has 0 heterocycles. The predicted molar refractivity (Wildman–Crippen MR) is 115 cm³/mol. The highest BCUT2D eigenvalue weighted by molar-refractivity contribution is 9.09. The summed E-state index contributed by atoms with van der Waals surface area (Å²) in [5.74, 6) is 1.53. The molecule has 0 amide bonds. The molecule has 26 heavy (non-hydrogen) atoms. The van der Waals surface area contributed by atoms with Gasteiger partial charge in [0, 0.05) is 10.7 Å². The second-order valence-electron chi connectivity index (χ2n) is 7.70. The SMILES string of the molecule is O=C(C(CBr)c1cccc(C2CC2)c1)C(CBr)c1cccc(C2CC2)c1. The summed E-state index contributed by atoms with van der Waals surface area (Å²) in [5, 5.41) is 1.34. The van der Waals surface area contributed by atoms with Crippen LogP contribution in [0.5, 0.6) is 0 Å². The van der Waals surface area contributed by atoms with Crippen molar-refractivity contribution in [3.63, 3.8) is 0 Å². The number of ketones is 1. The van der Waals surface area contributed by atoms with Gasteiger partial charge in [-0.05, 0) is 59.8 Å². The molecule has 0 radical (unpaired) electrons. The van der Waals surface area contributed by atoms with E-state index in [-0.39, 0.29) is 11.8 Å². The molecule has 2 aromatic rings. The Kier molecular flexibility index (Phi) is 5.66. The van der Waals surface area contributed by atoms with Crippen molar-refractivity contribution in [3.8, 4) is 0 Å². The Morgan fingerprint density at radius 3 is 1.58 bits per heavy atom. The lowest BCUT2D eigenvalue weighted by molar-refractivity contribution is -0.121. The standard InChI is InChI=1S/C23H24Br2O/c24-13-21(19-5-1-3-17(11-19)15-7-8-15)23(26)22(14-25)20-6-2-4-18(12-20)16-9-10-16/h1-6,11-12,15-16,21-22H,7-10,13-14H2. The van der Waals surface area contributed by atoms with Gasteiger partial charge in [0.25, 0.3) is 0 Å². The largest absolute Gasteiger partial charge is 0.298 e. The normalized spacial score (nSPS) is 19.2. The van der Waals surface area contributed by atoms with E-state index in [0.717, 1.165) is 11.1 Å². The maximum atomic E-state index is 13.4. The molecule has 2 aliphatic rings. The molecular formula is C23H24Br2O. The van der Waals surface area contributed by atoms with E-state index in [1.54, 1.807) is 0 Å². The molecule has 2 aromatic carbocycles. The highest BCUT2D eigenvalue weighted by atomic mass is 79.9. The lowest BCUT2D eigenvalue weighted by Crippen LogP contribution is -2.23. The van der Waals surface area contributed by atoms with Gasteiger partial charge in [-0.2, -0.15) is 0 Å². The van der Waals surface area contributed by atoms with Crippen LogP contribution in [0.4, 0.5) is 0 Å². The number of carbonyl (C=O) groups excluding carboxylic acids is 1. The van der Waals surface area contributed by atoms with Crippen molar-refractivity contribution >= 4 is 37.6 Å². The minimum absolute atomic E-state index is 0.0965. The number of benzene rings is 2. The molecule has 0 spiro atoms. The van der Waals surface area contributed by atoms with E-state index in [1.165, 1.54) is 36.8 Å². The van der Waals surface area contributed by atoms with Gasteiger partial charge in [-0.15, -0.1) is 0 Å². The number of rotatable bonds is 8. The predicted octanol–water partition coefficient (Wildman–Crippen LogP) is 6.67. The minimum Gasteiger partial charge on any atom is -0.298 e. The topological polar surface area (TPSA) is 17.1 Å². The van der Waals surface area contributed by atoms with Crippen LogP contribution in [0.15, 0.2) is 48.5 Å². The molecule has 0 N–H and O–H groups in total. The minimum atomic E-state index is -0.0965. The van der Waals surface area contributed by atoms with Gasteiger partial charge in [0.15, 0.2) is 0 Å². The van der Waals surface area contributed by atoms with E-state index in [9.17, 15) is 4.79 Å². The molecule has 0 aromatic heterocycles. The van der Waals surface area contributed by atoms with Gasteiger partial charge in [0.1, 0.15) is 5.78 Å². The Labute approximate surface area is 172 Å². The second kappa shape index (κ2) is 7.98. The molecule has 3 heteroatoms. The third-order valence-corrected chi connectivity index (χ3v) is 7.01. The average Bonchev–Trinajstić information content (AvgIpc) is 3.57. The molecule has 2 fully saturated rings. The van der Waals surface area contributed by atoms with E-state index in [1.807, 2.05) is 0 Å². The van der Waals surface area contributed by atoms with E-state index in [2.05, 4.69) is 80.4 Å². The highest BCUT2D eigenvalue weighted by Crippen LogP contribution is 2.42. The fourth-order valence-electron chi connectivity index (χ4n) is 3.79. The van der Waals surface area contributed by atoms with Gasteiger partial charge in [-0.3, -0.25) is 4.79 Å². The Morgan fingerprint density at radius 1 is 0.808 bits per heavy atom. The Hall–Kier alpha value is -0.930. The second-order valence-corrected chi connectivity index (χ2v) is 9.00. The molecule has 0 bridgehead atoms. The van der Waals surface area contributed by atoms with Crippen LogP contribution in [-0.4, -0.2) is 16.4 Å². The van der Waals surface area contributed by atoms with Crippen molar-refractivity contribution in [2.24, 2.45) is 0 Å². The van der Waals surface area contributed by atoms with Crippen LogP contribution >= 0.6 is 31.9 Å². The van der Waals surface area contributed by atoms with E-state index in [4.69, 9.17) is 0 Å². The third kappa shape index (κ3) is 3.99. The number of alkyl halides is 2. The van der Waals surface area contributed by atoms with E-state index >= 15 is 0 Å². The first kappa shape index (κ1) is 18.4. The monoisotopic (exact) mass is 474 g/mol. The smallest absolute Gasteiger partial charge is 0.149 e. The van der Waals surface area contributed by atoms with Gasteiger partial charge in [-0.25, -0.2) is 0 Å². The fraction of sp³-hybridized carbons (Fsp3) is 0.435. The Balaban J connectivity index is 1.60. The number of halogens is 2. The first-order valence-electron chi connectivity index (χ1n) is 9.56. The van der Waals surface area contributed by atoms with Crippen molar-refractivity contribution in [3.05, 3.63) is 70.8 Å². The lowest BCUT2D eigenvalue weighted by atomic mass is 9.84. The maximum absolute atomic E-state index is 13.4. The number of hydrogen-bond donors (Lipinski definition) is 0. The number of hydrogen-bond acceptors (Lipinski definition) is 1. The first-order chi connectivity index (χ1) is 12.7. The average molecular weight is 476 g/mol. The summed E-state index contributed by atoms with van der Waals surface area (Å²) >= 11 is 7.22. The van der Waals surface area contributed by atoms with Crippen molar-refractivity contribution in [2.75, 3.05) is 10.7 Å². The van der Waals surface area contributed by atoms with Gasteiger partial charge < -0.3 is 0 Å². The van der Waals surface area contributed by atoms with Gasteiger partial charge in [0.2, 0.25) is 0 Å². The molecule has 2 saturated carbocycles. The first-order valence-corrected chi connectivity index (χ1v) is 11.8. The van der Waals surface area contributed by atoms with Crippen molar-refractivity contribution in [1.82, 2.24) is 0 Å². The summed E-state index contributed by atoms with van der Waals surface area (Å²) in [6.45, 7) is 0. The van der Waals surface area contributed by atoms with Crippen LogP contribution in [0, 0.1) is 0 Å². The van der Waals surface area contributed by atoms with Gasteiger partial charge >= 0.3 is 0 Å². The van der Waals surface area contributed by atoms with Crippen LogP contribution in [0.3, 0.4) is 0 Å². The highest BCUT2D eigenvalue weighted by Gasteiger charge is 2.31. The van der Waals surface area contributed by atoms with E-state index < -0.39 is 0 Å². The lowest BCUT2D eigenvalue weighted by Gasteiger charge is -2.21. The van der Waals surface area contributed by atoms with Crippen LogP contribution in [0.2, 0.25) is 0 Å². The summed E-state index contributed by atoms with van der Waals surface area (Å²) in [5.41, 5.74) is 5.10. The molecular weight excluding hydrogens is 452 g/mol. The van der Waals surface area contributed by atoms with Crippen LogP contribution in [-0.2, 0) is 4.79 Å². The fourth-order valence-corrected chi connectivity index (χ4v) is 5.18. The molecule has 0 saturated heterocycles. The van der Waals surface area contributed by atoms with Crippen LogP contribution < -0.4 is 0 Å². The molecule has 2 aliphatic carbocycles. The van der Waals surface area contributed by atoms with Crippen molar-refractivity contribution in [2.45, 2.75) is 49.4 Å². The summed E-state index contributed by atoms with van der Waals surface area (Å²) in [6, 6.07) is 17.4. The molecule has 0 aliphatic heterocycles. The summed E-state index contributed by atoms with van der Waals surface area (Å²) in [7, 11) is 0. The van der Waals surface area contributed by atoms with Crippen molar-refractivity contribution < 1.29 is 4.79 Å². The zero-order valence-corrected chi connectivity index (χ0v) is 18.0. The summed E-state index contributed by atoms with van der Waals surface area (Å²) in [6.07, 6.45) is 5.14. The molecule has 4 rings (SSSR count). The van der Waals surface area contributed by atoms with Crippen LogP contribution in [0.1, 0.15) is 71.6 Å². The molecule has 2 atom stereocenters. The van der Waals surface area contributed by atoms with E-state index in [0.29, 0.717) is 28.3 Å². The van der Waals surface area contributed by atoms with Gasteiger partial charge in [-0.1, -0.05) is 80.4 Å². The summed E-state index contributed by atoms with van der Waals surface area (Å²) < 4.78 is 0. The zero-order chi connectivity index (χ0) is 18.1. The van der Waals surface area contributed by atoms with Crippen LogP contribution in [0.25, 0.3) is 0 Å². The summed E-state index contributed by atoms with van der Waals surface area (Å²) in [4.78, 5) is 13.4. The number of Topliss-reactive ketones (excluding diaryl/α,β-unsaturated/α-hetero) is 1. The Bertz CT molecular complexity index is 727. The molecule has 136 valence electrons. The quantitative estimate of drug-likeness (QED) is 0.389. The Morgan fingerprint density at radius 2 is 1.23 bits per heavy atom. The zero-order valence-electron chi connectivity index (χ0n) is 14.8.